The number of carbonyl (C=O) groups excluding carboxylic acids is 1. The molecule has 0 unspecified atom stereocenters. The van der Waals surface area contributed by atoms with E-state index >= 15 is 0 Å². The molecule has 0 bridgehead atoms. The van der Waals surface area contributed by atoms with E-state index in [0.29, 0.717) is 0 Å². The Balaban J connectivity index is 0.000000183. The number of amides is 1. The molecule has 4 nitrogen and oxygen atoms in total. The molecule has 11 heavy (non-hydrogen) atoms. The average molecular weight is 153 g/mol. The molecule has 0 aliphatic carbocycles. The van der Waals surface area contributed by atoms with E-state index in [-0.39, 0.29) is 0 Å². The van der Waals surface area contributed by atoms with Crippen LogP contribution in [0.15, 0.2) is 4.99 Å². The van der Waals surface area contributed by atoms with Gasteiger partial charge in [0.05, 0.1) is 12.9 Å². The van der Waals surface area contributed by atoms with Gasteiger partial charge in [-0.15, -0.1) is 0 Å². The zero-order valence-corrected chi connectivity index (χ0v) is 6.42. The lowest BCUT2D eigenvalue weighted by Gasteiger charge is -1.75. The molecular formula is C7H11N3O. The second kappa shape index (κ2) is 6.62. The lowest BCUT2D eigenvalue weighted by atomic mass is 10.6. The summed E-state index contributed by atoms with van der Waals surface area (Å²) in [5.41, 5.74) is 4.59. The zero-order valence-electron chi connectivity index (χ0n) is 6.42. The van der Waals surface area contributed by atoms with Gasteiger partial charge in [-0.1, -0.05) is 5.92 Å². The fourth-order valence-electron chi connectivity index (χ4n) is 0.446. The summed E-state index contributed by atoms with van der Waals surface area (Å²) in [6, 6.07) is 0. The minimum Gasteiger partial charge on any atom is -0.375 e. The Labute approximate surface area is 65.9 Å². The van der Waals surface area contributed by atoms with Crippen LogP contribution in [0.25, 0.3) is 0 Å². The van der Waals surface area contributed by atoms with Crippen LogP contribution in [0.4, 0.5) is 0 Å². The number of nitrogens with two attached hydrogens (primary N) is 1. The highest BCUT2D eigenvalue weighted by molar-refractivity contribution is 5.91. The molecule has 3 N–H and O–H groups in total. The van der Waals surface area contributed by atoms with Crippen molar-refractivity contribution in [2.75, 3.05) is 13.1 Å². The predicted molar refractivity (Wildman–Crippen MR) is 44.0 cm³/mol. The molecule has 0 saturated heterocycles. The van der Waals surface area contributed by atoms with Crippen LogP contribution in [-0.4, -0.2) is 25.3 Å². The molecule has 0 aromatic carbocycles. The van der Waals surface area contributed by atoms with Crippen molar-refractivity contribution in [1.82, 2.24) is 5.32 Å². The number of primary amides is 1. The van der Waals surface area contributed by atoms with Crippen molar-refractivity contribution >= 4 is 12.2 Å². The molecule has 0 aromatic rings. The summed E-state index contributed by atoms with van der Waals surface area (Å²) in [6.07, 6.45) is 1.74. The number of aliphatic imine (C=N–C) groups is 1. The largest absolute Gasteiger partial charge is 0.375 e. The van der Waals surface area contributed by atoms with Gasteiger partial charge in [0.25, 0.3) is 5.91 Å². The summed E-state index contributed by atoms with van der Waals surface area (Å²) in [7, 11) is 0. The number of nitrogens with zero attached hydrogens (tertiary/aromatic N) is 1. The minimum atomic E-state index is -0.572. The van der Waals surface area contributed by atoms with Crippen LogP contribution in [0.2, 0.25) is 0 Å². The molecule has 60 valence electrons. The molecule has 1 heterocycles. The van der Waals surface area contributed by atoms with Gasteiger partial charge in [-0.2, -0.15) is 0 Å². The lowest BCUT2D eigenvalue weighted by Crippen LogP contribution is -2.05. The first-order valence-corrected chi connectivity index (χ1v) is 3.21. The molecule has 0 saturated carbocycles. The quantitative estimate of drug-likeness (QED) is 0.443. The van der Waals surface area contributed by atoms with Crippen LogP contribution in [0, 0.1) is 11.8 Å². The van der Waals surface area contributed by atoms with Crippen LogP contribution in [0.5, 0.6) is 0 Å². The Bertz CT molecular complexity index is 193. The molecule has 4 heteroatoms. The highest BCUT2D eigenvalue weighted by atomic mass is 16.1. The molecule has 0 spiro atoms. The van der Waals surface area contributed by atoms with Gasteiger partial charge in [-0.25, -0.2) is 0 Å². The Morgan fingerprint density at radius 3 is 2.64 bits per heavy atom. The first kappa shape index (κ1) is 9.50. The number of carbonyl (C=O) groups is 1. The summed E-state index contributed by atoms with van der Waals surface area (Å²) < 4.78 is 0. The Kier molecular flexibility index (Phi) is 5.72. The van der Waals surface area contributed by atoms with Gasteiger partial charge in [-0.3, -0.25) is 9.79 Å². The summed E-state index contributed by atoms with van der Waals surface area (Å²) in [5.74, 6) is 3.87. The van der Waals surface area contributed by atoms with Crippen LogP contribution in [-0.2, 0) is 4.79 Å². The summed E-state index contributed by atoms with van der Waals surface area (Å²) >= 11 is 0. The van der Waals surface area contributed by atoms with E-state index < -0.39 is 5.91 Å². The molecule has 1 amide bonds. The van der Waals surface area contributed by atoms with Gasteiger partial charge in [0, 0.05) is 6.54 Å². The zero-order chi connectivity index (χ0) is 8.53. The van der Waals surface area contributed by atoms with Gasteiger partial charge >= 0.3 is 0 Å². The van der Waals surface area contributed by atoms with Crippen molar-refractivity contribution in [2.45, 2.75) is 6.92 Å². The molecule has 1 aliphatic rings. The Hall–Kier alpha value is -1.50. The van der Waals surface area contributed by atoms with E-state index in [2.05, 4.69) is 27.9 Å². The van der Waals surface area contributed by atoms with Crippen LogP contribution in [0.3, 0.4) is 0 Å². The first-order valence-electron chi connectivity index (χ1n) is 3.21. The standard InChI is InChI=1S/C4H5NO.C3H6N2/c1-2-3-4(5)6;1-2-5-3-4-1/h1H3,(H2,5,6);3H,1-2H2,(H,4,5). The molecule has 0 aromatic heterocycles. The topological polar surface area (TPSA) is 67.5 Å². The molecule has 0 atom stereocenters. The Morgan fingerprint density at radius 1 is 1.82 bits per heavy atom. The first-order chi connectivity index (χ1) is 5.27. The third-order valence-corrected chi connectivity index (χ3v) is 0.816. The van der Waals surface area contributed by atoms with Crippen LogP contribution < -0.4 is 11.1 Å². The van der Waals surface area contributed by atoms with E-state index in [9.17, 15) is 4.79 Å². The van der Waals surface area contributed by atoms with Crippen molar-refractivity contribution in [3.8, 4) is 11.8 Å². The Morgan fingerprint density at radius 2 is 2.55 bits per heavy atom. The third kappa shape index (κ3) is 8.50. The molecule has 1 aliphatic heterocycles. The van der Waals surface area contributed by atoms with E-state index in [1.165, 1.54) is 0 Å². The second-order valence-corrected chi connectivity index (χ2v) is 1.73. The highest BCUT2D eigenvalue weighted by Gasteiger charge is 1.82. The smallest absolute Gasteiger partial charge is 0.293 e. The van der Waals surface area contributed by atoms with Crippen molar-refractivity contribution in [3.05, 3.63) is 0 Å². The predicted octanol–water partition coefficient (Wildman–Crippen LogP) is -0.887. The van der Waals surface area contributed by atoms with Crippen LogP contribution >= 0.6 is 0 Å². The molecular weight excluding hydrogens is 142 g/mol. The van der Waals surface area contributed by atoms with E-state index in [4.69, 9.17) is 0 Å². The maximum Gasteiger partial charge on any atom is 0.293 e. The maximum atomic E-state index is 9.65. The van der Waals surface area contributed by atoms with Crippen molar-refractivity contribution in [2.24, 2.45) is 10.7 Å². The summed E-state index contributed by atoms with van der Waals surface area (Å²) in [5, 5.41) is 2.93. The normalized spacial score (nSPS) is 11.7. The number of rotatable bonds is 0. The SMILES string of the molecule is C1=NCCN1.CC#CC(N)=O. The van der Waals surface area contributed by atoms with Crippen molar-refractivity contribution in [1.29, 1.82) is 0 Å². The van der Waals surface area contributed by atoms with E-state index in [0.717, 1.165) is 13.1 Å². The van der Waals surface area contributed by atoms with Gasteiger partial charge in [0.15, 0.2) is 0 Å². The van der Waals surface area contributed by atoms with Crippen LogP contribution in [0.1, 0.15) is 6.92 Å². The monoisotopic (exact) mass is 153 g/mol. The molecule has 0 fully saturated rings. The van der Waals surface area contributed by atoms with Crippen molar-refractivity contribution < 1.29 is 4.79 Å². The van der Waals surface area contributed by atoms with Gasteiger partial charge in [-0.05, 0) is 12.8 Å². The maximum absolute atomic E-state index is 9.65. The summed E-state index contributed by atoms with van der Waals surface area (Å²) in [6.45, 7) is 3.55. The minimum absolute atomic E-state index is 0.572. The number of nitrogens with one attached hydrogen (secondary N) is 1. The lowest BCUT2D eigenvalue weighted by molar-refractivity contribution is -0.112. The third-order valence-electron chi connectivity index (χ3n) is 0.816. The average Bonchev–Trinajstić information content (AvgIpc) is 2.41. The van der Waals surface area contributed by atoms with Crippen molar-refractivity contribution in [3.63, 3.8) is 0 Å². The number of hydrogen-bond donors (Lipinski definition) is 2. The van der Waals surface area contributed by atoms with E-state index in [1.807, 2.05) is 0 Å². The van der Waals surface area contributed by atoms with Gasteiger partial charge in [0.2, 0.25) is 0 Å². The highest BCUT2D eigenvalue weighted by Crippen LogP contribution is 1.68. The molecule has 1 rings (SSSR count). The summed E-state index contributed by atoms with van der Waals surface area (Å²) in [4.78, 5) is 13.5. The number of hydrogen-bond acceptors (Lipinski definition) is 3. The van der Waals surface area contributed by atoms with E-state index in [1.54, 1.807) is 13.3 Å². The molecule has 0 radical (unpaired) electrons. The fraction of sp³-hybridized carbons (Fsp3) is 0.429. The second-order valence-electron chi connectivity index (χ2n) is 1.73. The van der Waals surface area contributed by atoms with Gasteiger partial charge < -0.3 is 11.1 Å². The van der Waals surface area contributed by atoms with Gasteiger partial charge in [0.1, 0.15) is 0 Å². The fourth-order valence-corrected chi connectivity index (χ4v) is 0.446.